The number of nitrogen functional groups attached to an aromatic ring is 1. The first-order chi connectivity index (χ1) is 9.25. The molecule has 0 unspecified atom stereocenters. The van der Waals surface area contributed by atoms with E-state index in [0.717, 1.165) is 11.1 Å². The molecule has 94 valence electrons. The normalized spacial score (nSPS) is 10.6. The zero-order valence-electron chi connectivity index (χ0n) is 10.1. The molecular formula is C15H12FN3. The highest BCUT2D eigenvalue weighted by molar-refractivity contribution is 5.84. The van der Waals surface area contributed by atoms with E-state index in [2.05, 4.69) is 10.2 Å². The van der Waals surface area contributed by atoms with E-state index in [4.69, 9.17) is 5.73 Å². The Labute approximate surface area is 109 Å². The molecule has 3 aromatic rings. The summed E-state index contributed by atoms with van der Waals surface area (Å²) in [6.07, 6.45) is 0. The molecule has 3 rings (SSSR count). The van der Waals surface area contributed by atoms with E-state index in [9.17, 15) is 4.39 Å². The quantitative estimate of drug-likeness (QED) is 0.734. The molecule has 1 aromatic heterocycles. The topological polar surface area (TPSA) is 54.7 Å². The number of nitrogens with one attached hydrogen (secondary N) is 1. The number of anilines is 1. The Morgan fingerprint density at radius 3 is 2.26 bits per heavy atom. The van der Waals surface area contributed by atoms with Crippen LogP contribution in [0.5, 0.6) is 0 Å². The minimum Gasteiger partial charge on any atom is -0.395 e. The van der Waals surface area contributed by atoms with Gasteiger partial charge in [0.25, 0.3) is 0 Å². The van der Waals surface area contributed by atoms with Gasteiger partial charge in [-0.15, -0.1) is 0 Å². The smallest absolute Gasteiger partial charge is 0.123 e. The lowest BCUT2D eigenvalue weighted by molar-refractivity contribution is 0.628. The summed E-state index contributed by atoms with van der Waals surface area (Å²) < 4.78 is 12.9. The molecule has 0 aliphatic carbocycles. The molecule has 2 aromatic carbocycles. The van der Waals surface area contributed by atoms with Crippen LogP contribution in [0, 0.1) is 5.82 Å². The Morgan fingerprint density at radius 2 is 1.58 bits per heavy atom. The first kappa shape index (κ1) is 11.5. The second kappa shape index (κ2) is 4.57. The van der Waals surface area contributed by atoms with Crippen LogP contribution < -0.4 is 5.73 Å². The minimum atomic E-state index is -0.273. The van der Waals surface area contributed by atoms with Gasteiger partial charge >= 0.3 is 0 Å². The zero-order valence-corrected chi connectivity index (χ0v) is 10.1. The second-order valence-corrected chi connectivity index (χ2v) is 4.23. The number of halogens is 1. The Morgan fingerprint density at radius 1 is 0.895 bits per heavy atom. The molecule has 3 nitrogen and oxygen atoms in total. The van der Waals surface area contributed by atoms with Gasteiger partial charge in [0.05, 0.1) is 11.4 Å². The molecule has 19 heavy (non-hydrogen) atoms. The third-order valence-corrected chi connectivity index (χ3v) is 2.98. The average Bonchev–Trinajstić information content (AvgIpc) is 2.83. The third kappa shape index (κ3) is 2.08. The molecule has 0 atom stereocenters. The first-order valence-corrected chi connectivity index (χ1v) is 5.91. The van der Waals surface area contributed by atoms with Crippen molar-refractivity contribution in [3.05, 3.63) is 60.4 Å². The van der Waals surface area contributed by atoms with Gasteiger partial charge in [0, 0.05) is 11.1 Å². The van der Waals surface area contributed by atoms with Crippen molar-refractivity contribution in [3.63, 3.8) is 0 Å². The predicted octanol–water partition coefficient (Wildman–Crippen LogP) is 3.47. The van der Waals surface area contributed by atoms with Gasteiger partial charge in [0.1, 0.15) is 11.5 Å². The predicted molar refractivity (Wildman–Crippen MR) is 73.8 cm³/mol. The summed E-state index contributed by atoms with van der Waals surface area (Å²) >= 11 is 0. The van der Waals surface area contributed by atoms with E-state index in [1.54, 1.807) is 12.1 Å². The van der Waals surface area contributed by atoms with Gasteiger partial charge in [-0.3, -0.25) is 5.10 Å². The molecule has 0 amide bonds. The fourth-order valence-corrected chi connectivity index (χ4v) is 2.00. The third-order valence-electron chi connectivity index (χ3n) is 2.98. The second-order valence-electron chi connectivity index (χ2n) is 4.23. The van der Waals surface area contributed by atoms with Crippen molar-refractivity contribution in [3.8, 4) is 22.5 Å². The van der Waals surface area contributed by atoms with Crippen LogP contribution in [0.25, 0.3) is 22.5 Å². The molecule has 0 aliphatic heterocycles. The largest absolute Gasteiger partial charge is 0.395 e. The number of H-pyrrole nitrogens is 1. The van der Waals surface area contributed by atoms with Gasteiger partial charge in [-0.1, -0.05) is 30.3 Å². The molecule has 3 N–H and O–H groups in total. The Bertz CT molecular complexity index is 687. The fourth-order valence-electron chi connectivity index (χ4n) is 2.00. The zero-order chi connectivity index (χ0) is 13.2. The minimum absolute atomic E-state index is 0.273. The lowest BCUT2D eigenvalue weighted by Gasteiger charge is -2.01. The van der Waals surface area contributed by atoms with Gasteiger partial charge < -0.3 is 5.73 Å². The van der Waals surface area contributed by atoms with E-state index in [1.807, 2.05) is 30.3 Å². The van der Waals surface area contributed by atoms with Crippen molar-refractivity contribution >= 4 is 5.69 Å². The van der Waals surface area contributed by atoms with Crippen LogP contribution in [-0.4, -0.2) is 10.2 Å². The number of benzene rings is 2. The van der Waals surface area contributed by atoms with Crippen LogP contribution in [0.1, 0.15) is 0 Å². The monoisotopic (exact) mass is 253 g/mol. The lowest BCUT2D eigenvalue weighted by Crippen LogP contribution is -1.89. The maximum Gasteiger partial charge on any atom is 0.123 e. The molecule has 0 bridgehead atoms. The van der Waals surface area contributed by atoms with Crippen molar-refractivity contribution in [1.29, 1.82) is 0 Å². The highest BCUT2D eigenvalue weighted by atomic mass is 19.1. The van der Waals surface area contributed by atoms with Crippen LogP contribution in [0.2, 0.25) is 0 Å². The highest BCUT2D eigenvalue weighted by Crippen LogP contribution is 2.32. The summed E-state index contributed by atoms with van der Waals surface area (Å²) in [5.74, 6) is -0.273. The van der Waals surface area contributed by atoms with Gasteiger partial charge in [0.2, 0.25) is 0 Å². The first-order valence-electron chi connectivity index (χ1n) is 5.91. The molecule has 0 radical (unpaired) electrons. The summed E-state index contributed by atoms with van der Waals surface area (Å²) in [6, 6.07) is 15.8. The van der Waals surface area contributed by atoms with E-state index >= 15 is 0 Å². The summed E-state index contributed by atoms with van der Waals surface area (Å²) in [4.78, 5) is 0. The van der Waals surface area contributed by atoms with Crippen molar-refractivity contribution in [2.24, 2.45) is 0 Å². The molecule has 0 aliphatic rings. The van der Waals surface area contributed by atoms with Crippen LogP contribution in [0.15, 0.2) is 54.6 Å². The number of aromatic nitrogens is 2. The van der Waals surface area contributed by atoms with E-state index < -0.39 is 0 Å². The average molecular weight is 253 g/mol. The van der Waals surface area contributed by atoms with E-state index in [1.165, 1.54) is 12.1 Å². The van der Waals surface area contributed by atoms with Gasteiger partial charge in [-0.2, -0.15) is 5.10 Å². The van der Waals surface area contributed by atoms with Crippen molar-refractivity contribution in [2.75, 3.05) is 5.73 Å². The molecular weight excluding hydrogens is 241 g/mol. The van der Waals surface area contributed by atoms with Crippen LogP contribution >= 0.6 is 0 Å². The lowest BCUT2D eigenvalue weighted by atomic mass is 10.1. The summed E-state index contributed by atoms with van der Waals surface area (Å²) in [6.45, 7) is 0. The maximum absolute atomic E-state index is 12.9. The summed E-state index contributed by atoms with van der Waals surface area (Å²) in [5.41, 5.74) is 9.86. The molecule has 0 saturated carbocycles. The molecule has 4 heteroatoms. The van der Waals surface area contributed by atoms with E-state index in [-0.39, 0.29) is 5.82 Å². The number of rotatable bonds is 2. The number of aromatic amines is 1. The number of nitrogens with two attached hydrogens (primary N) is 1. The van der Waals surface area contributed by atoms with Crippen molar-refractivity contribution in [1.82, 2.24) is 10.2 Å². The van der Waals surface area contributed by atoms with Crippen molar-refractivity contribution < 1.29 is 4.39 Å². The Kier molecular flexibility index (Phi) is 2.76. The Hall–Kier alpha value is -2.62. The SMILES string of the molecule is Nc1c(-c2ccccc2)n[nH]c1-c1ccc(F)cc1. The number of nitrogens with zero attached hydrogens (tertiary/aromatic N) is 1. The number of hydrogen-bond acceptors (Lipinski definition) is 2. The standard InChI is InChI=1S/C15H12FN3/c16-12-8-6-11(7-9-12)15-13(17)14(18-19-15)10-4-2-1-3-5-10/h1-9H,17H2,(H,18,19). The number of hydrogen-bond donors (Lipinski definition) is 2. The van der Waals surface area contributed by atoms with Crippen LogP contribution in [0.3, 0.4) is 0 Å². The molecule has 0 spiro atoms. The summed E-state index contributed by atoms with van der Waals surface area (Å²) in [5, 5.41) is 7.15. The van der Waals surface area contributed by atoms with E-state index in [0.29, 0.717) is 17.1 Å². The fraction of sp³-hybridized carbons (Fsp3) is 0. The maximum atomic E-state index is 12.9. The van der Waals surface area contributed by atoms with Crippen molar-refractivity contribution in [2.45, 2.75) is 0 Å². The van der Waals surface area contributed by atoms with Crippen LogP contribution in [-0.2, 0) is 0 Å². The molecule has 0 saturated heterocycles. The van der Waals surface area contributed by atoms with Gasteiger partial charge in [-0.05, 0) is 24.3 Å². The molecule has 0 fully saturated rings. The molecule has 1 heterocycles. The Balaban J connectivity index is 2.06. The van der Waals surface area contributed by atoms with Crippen LogP contribution in [0.4, 0.5) is 10.1 Å². The highest BCUT2D eigenvalue weighted by Gasteiger charge is 2.12. The van der Waals surface area contributed by atoms with Gasteiger partial charge in [0.15, 0.2) is 0 Å². The van der Waals surface area contributed by atoms with Gasteiger partial charge in [-0.25, -0.2) is 4.39 Å². The summed E-state index contributed by atoms with van der Waals surface area (Å²) in [7, 11) is 0.